The van der Waals surface area contributed by atoms with Gasteiger partial charge in [0, 0.05) is 14.1 Å². The Hall–Kier alpha value is 0.390. The molecule has 0 aromatic heterocycles. The Bertz CT molecular complexity index is 213. The first-order chi connectivity index (χ1) is 5.42. The molecule has 0 unspecified atom stereocenters. The summed E-state index contributed by atoms with van der Waals surface area (Å²) in [6, 6.07) is 0. The van der Waals surface area contributed by atoms with Crippen molar-refractivity contribution in [1.29, 1.82) is 0 Å². The van der Waals surface area contributed by atoms with Crippen molar-refractivity contribution in [2.24, 2.45) is 0 Å². The van der Waals surface area contributed by atoms with E-state index in [4.69, 9.17) is 0 Å². The first kappa shape index (κ1) is 12.4. The number of hydrogen-bond donors (Lipinski definition) is 0. The van der Waals surface area contributed by atoms with Gasteiger partial charge in [-0.1, -0.05) is 35.7 Å². The lowest BCUT2D eigenvalue weighted by molar-refractivity contribution is 0.514. The summed E-state index contributed by atoms with van der Waals surface area (Å²) in [5, 5.41) is 0. The molecule has 0 fully saturated rings. The van der Waals surface area contributed by atoms with Gasteiger partial charge in [0.25, 0.3) is 0 Å². The van der Waals surface area contributed by atoms with Crippen molar-refractivity contribution in [3.63, 3.8) is 0 Å². The van der Waals surface area contributed by atoms with Crippen LogP contribution in [0.15, 0.2) is 0 Å². The molecule has 0 amide bonds. The molecule has 0 bridgehead atoms. The van der Waals surface area contributed by atoms with E-state index in [-0.39, 0.29) is 0 Å². The van der Waals surface area contributed by atoms with E-state index in [2.05, 4.69) is 15.9 Å². The summed E-state index contributed by atoms with van der Waals surface area (Å²) >= 11 is 3.17. The largest absolute Gasteiger partial charge is 0.226 e. The van der Waals surface area contributed by atoms with E-state index < -0.39 is 14.2 Å². The SMILES string of the molecule is CCCC[C@@H](Br)S(=O)(=O)N(C)C. The van der Waals surface area contributed by atoms with Gasteiger partial charge in [-0.2, -0.15) is 0 Å². The number of sulfonamides is 1. The van der Waals surface area contributed by atoms with E-state index in [0.29, 0.717) is 6.42 Å². The fourth-order valence-corrected chi connectivity index (χ4v) is 2.99. The third-order valence-corrected chi connectivity index (χ3v) is 5.39. The minimum Gasteiger partial charge on any atom is -0.211 e. The van der Waals surface area contributed by atoms with Crippen molar-refractivity contribution >= 4 is 26.0 Å². The molecule has 0 saturated heterocycles. The minimum absolute atomic E-state index is 0.431. The van der Waals surface area contributed by atoms with Crippen LogP contribution in [-0.4, -0.2) is 31.0 Å². The van der Waals surface area contributed by atoms with Crippen LogP contribution in [0.5, 0.6) is 0 Å². The number of nitrogens with zero attached hydrogens (tertiary/aromatic N) is 1. The van der Waals surface area contributed by atoms with Gasteiger partial charge >= 0.3 is 0 Å². The van der Waals surface area contributed by atoms with E-state index in [0.717, 1.165) is 12.8 Å². The Morgan fingerprint density at radius 2 is 1.92 bits per heavy atom. The molecule has 1 atom stereocenters. The molecule has 0 aromatic rings. The van der Waals surface area contributed by atoms with Gasteiger partial charge < -0.3 is 0 Å². The summed E-state index contributed by atoms with van der Waals surface area (Å²) < 4.78 is 23.7. The molecule has 0 saturated carbocycles. The fourth-order valence-electron chi connectivity index (χ4n) is 0.742. The third-order valence-electron chi connectivity index (χ3n) is 1.62. The van der Waals surface area contributed by atoms with E-state index in [1.54, 1.807) is 14.1 Å². The molecule has 0 aliphatic carbocycles. The highest BCUT2D eigenvalue weighted by atomic mass is 79.9. The molecule has 74 valence electrons. The normalized spacial score (nSPS) is 15.1. The van der Waals surface area contributed by atoms with Crippen molar-refractivity contribution in [1.82, 2.24) is 4.31 Å². The average molecular weight is 258 g/mol. The highest BCUT2D eigenvalue weighted by Gasteiger charge is 2.23. The maximum atomic E-state index is 11.4. The molecule has 0 aliphatic heterocycles. The third kappa shape index (κ3) is 3.41. The molecule has 0 N–H and O–H groups in total. The van der Waals surface area contributed by atoms with E-state index in [9.17, 15) is 8.42 Å². The summed E-state index contributed by atoms with van der Waals surface area (Å²) in [6.07, 6.45) is 2.63. The Labute approximate surface area is 83.3 Å². The number of rotatable bonds is 5. The fraction of sp³-hybridized carbons (Fsp3) is 1.00. The number of halogens is 1. The molecule has 0 aromatic carbocycles. The second-order valence-electron chi connectivity index (χ2n) is 2.88. The van der Waals surface area contributed by atoms with Gasteiger partial charge in [-0.15, -0.1) is 0 Å². The zero-order valence-corrected chi connectivity index (χ0v) is 10.2. The van der Waals surface area contributed by atoms with Gasteiger partial charge in [0.05, 0.1) is 0 Å². The van der Waals surface area contributed by atoms with Crippen LogP contribution in [0.2, 0.25) is 0 Å². The van der Waals surface area contributed by atoms with Gasteiger partial charge in [-0.3, -0.25) is 0 Å². The standard InChI is InChI=1S/C7H16BrNO2S/c1-4-5-6-7(8)12(10,11)9(2)3/h7H,4-6H2,1-3H3/t7-/m0/s1. The second-order valence-corrected chi connectivity index (χ2v) is 6.92. The first-order valence-electron chi connectivity index (χ1n) is 3.98. The zero-order chi connectivity index (χ0) is 9.78. The van der Waals surface area contributed by atoms with Crippen molar-refractivity contribution in [2.45, 2.75) is 30.3 Å². The Morgan fingerprint density at radius 1 is 1.42 bits per heavy atom. The van der Waals surface area contributed by atoms with Crippen molar-refractivity contribution < 1.29 is 8.42 Å². The molecule has 5 heteroatoms. The summed E-state index contributed by atoms with van der Waals surface area (Å²) in [5.74, 6) is 0. The number of hydrogen-bond acceptors (Lipinski definition) is 2. The monoisotopic (exact) mass is 257 g/mol. The average Bonchev–Trinajstić information content (AvgIpc) is 1.99. The molecule has 0 spiro atoms. The van der Waals surface area contributed by atoms with Crippen LogP contribution in [0.1, 0.15) is 26.2 Å². The Kier molecular flexibility index (Phi) is 5.36. The lowest BCUT2D eigenvalue weighted by Gasteiger charge is -2.16. The van der Waals surface area contributed by atoms with Crippen molar-refractivity contribution in [3.05, 3.63) is 0 Å². The first-order valence-corrected chi connectivity index (χ1v) is 6.40. The predicted molar refractivity (Wildman–Crippen MR) is 54.8 cm³/mol. The van der Waals surface area contributed by atoms with Gasteiger partial charge in [-0.25, -0.2) is 12.7 Å². The van der Waals surface area contributed by atoms with Crippen LogP contribution < -0.4 is 0 Å². The number of unbranched alkanes of at least 4 members (excludes halogenated alkanes) is 1. The van der Waals surface area contributed by atoms with Gasteiger partial charge in [-0.05, 0) is 6.42 Å². The van der Waals surface area contributed by atoms with Crippen molar-refractivity contribution in [2.75, 3.05) is 14.1 Å². The number of alkyl halides is 1. The van der Waals surface area contributed by atoms with E-state index in [1.165, 1.54) is 4.31 Å². The van der Waals surface area contributed by atoms with Gasteiger partial charge in [0.1, 0.15) is 4.16 Å². The lowest BCUT2D eigenvalue weighted by atomic mass is 10.3. The minimum atomic E-state index is -3.10. The van der Waals surface area contributed by atoms with Crippen LogP contribution in [0.4, 0.5) is 0 Å². The summed E-state index contributed by atoms with van der Waals surface area (Å²) in [4.78, 5) is 0. The molecule has 0 heterocycles. The van der Waals surface area contributed by atoms with Crippen LogP contribution in [0.3, 0.4) is 0 Å². The van der Waals surface area contributed by atoms with Crippen LogP contribution >= 0.6 is 15.9 Å². The topological polar surface area (TPSA) is 37.4 Å². The Balaban J connectivity index is 4.17. The second kappa shape index (κ2) is 5.19. The maximum Gasteiger partial charge on any atom is 0.226 e. The highest BCUT2D eigenvalue weighted by Crippen LogP contribution is 2.18. The van der Waals surface area contributed by atoms with E-state index in [1.807, 2.05) is 6.92 Å². The van der Waals surface area contributed by atoms with Gasteiger partial charge in [0.15, 0.2) is 0 Å². The smallest absolute Gasteiger partial charge is 0.211 e. The van der Waals surface area contributed by atoms with Crippen LogP contribution in [0, 0.1) is 0 Å². The van der Waals surface area contributed by atoms with Crippen molar-refractivity contribution in [3.8, 4) is 0 Å². The summed E-state index contributed by atoms with van der Waals surface area (Å²) in [5.41, 5.74) is 0. The molecule has 0 aliphatic rings. The molecule has 0 rings (SSSR count). The van der Waals surface area contributed by atoms with Crippen LogP contribution in [0.25, 0.3) is 0 Å². The Morgan fingerprint density at radius 3 is 2.25 bits per heavy atom. The quantitative estimate of drug-likeness (QED) is 0.705. The maximum absolute atomic E-state index is 11.4. The summed E-state index contributed by atoms with van der Waals surface area (Å²) in [6.45, 7) is 2.04. The lowest BCUT2D eigenvalue weighted by Crippen LogP contribution is -2.29. The molecular formula is C7H16BrNO2S. The summed E-state index contributed by atoms with van der Waals surface area (Å²) in [7, 11) is 0.00312. The zero-order valence-electron chi connectivity index (χ0n) is 7.75. The predicted octanol–water partition coefficient (Wildman–Crippen LogP) is 1.79. The highest BCUT2D eigenvalue weighted by molar-refractivity contribution is 9.11. The van der Waals surface area contributed by atoms with Gasteiger partial charge in [0.2, 0.25) is 10.0 Å². The molecular weight excluding hydrogens is 242 g/mol. The molecule has 3 nitrogen and oxygen atoms in total. The van der Waals surface area contributed by atoms with Crippen LogP contribution in [-0.2, 0) is 10.0 Å². The molecule has 0 radical (unpaired) electrons. The van der Waals surface area contributed by atoms with E-state index >= 15 is 0 Å². The molecule has 12 heavy (non-hydrogen) atoms.